The highest BCUT2D eigenvalue weighted by molar-refractivity contribution is 6.40. The minimum atomic E-state index is -0.837. The van der Waals surface area contributed by atoms with Gasteiger partial charge in [0.2, 0.25) is 5.91 Å². The topological polar surface area (TPSA) is 101 Å². The lowest BCUT2D eigenvalue weighted by atomic mass is 10.0. The van der Waals surface area contributed by atoms with Crippen LogP contribution in [0.4, 0.5) is 10.1 Å². The molecule has 1 aliphatic rings. The molecule has 0 aliphatic carbocycles. The number of aromatic nitrogens is 1. The van der Waals surface area contributed by atoms with Crippen LogP contribution < -0.4 is 16.1 Å². The number of nitrogens with zero attached hydrogens (tertiary/aromatic N) is 3. The maximum Gasteiger partial charge on any atom is 0.268 e. The summed E-state index contributed by atoms with van der Waals surface area (Å²) >= 11 is 0. The zero-order chi connectivity index (χ0) is 21.8. The van der Waals surface area contributed by atoms with Crippen molar-refractivity contribution in [2.75, 3.05) is 5.01 Å². The molecule has 1 aliphatic heterocycles. The number of pyridine rings is 1. The van der Waals surface area contributed by atoms with E-state index in [-0.39, 0.29) is 12.1 Å². The van der Waals surface area contributed by atoms with Crippen LogP contribution in [0.25, 0.3) is 0 Å². The number of hydrogen-bond donors (Lipinski definition) is 2. The van der Waals surface area contributed by atoms with Gasteiger partial charge in [0.1, 0.15) is 17.6 Å². The van der Waals surface area contributed by atoms with E-state index in [1.54, 1.807) is 12.3 Å². The number of carbonyl (C=O) groups is 2. The van der Waals surface area contributed by atoms with Crippen molar-refractivity contribution in [2.24, 2.45) is 10.8 Å². The van der Waals surface area contributed by atoms with Crippen molar-refractivity contribution in [3.05, 3.63) is 96.1 Å². The van der Waals surface area contributed by atoms with Crippen molar-refractivity contribution in [2.45, 2.75) is 18.5 Å². The molecule has 8 heteroatoms. The Hall–Kier alpha value is -4.07. The van der Waals surface area contributed by atoms with Crippen molar-refractivity contribution in [3.8, 4) is 0 Å². The third-order valence-corrected chi connectivity index (χ3v) is 4.98. The van der Waals surface area contributed by atoms with Crippen LogP contribution in [-0.2, 0) is 9.59 Å². The number of amides is 2. The molecule has 0 fully saturated rings. The van der Waals surface area contributed by atoms with Gasteiger partial charge in [-0.25, -0.2) is 4.39 Å². The first kappa shape index (κ1) is 20.2. The lowest BCUT2D eigenvalue weighted by molar-refractivity contribution is -0.119. The van der Waals surface area contributed by atoms with Gasteiger partial charge in [0, 0.05) is 12.6 Å². The first-order chi connectivity index (χ1) is 15.0. The molecule has 4 rings (SSSR count). The van der Waals surface area contributed by atoms with Gasteiger partial charge in [-0.3, -0.25) is 19.6 Å². The quantitative estimate of drug-likeness (QED) is 0.644. The lowest BCUT2D eigenvalue weighted by Gasteiger charge is -2.20. The van der Waals surface area contributed by atoms with E-state index in [1.807, 2.05) is 42.5 Å². The first-order valence-electron chi connectivity index (χ1n) is 9.71. The van der Waals surface area contributed by atoms with Crippen molar-refractivity contribution in [3.63, 3.8) is 0 Å². The van der Waals surface area contributed by atoms with E-state index in [1.165, 1.54) is 29.3 Å². The van der Waals surface area contributed by atoms with E-state index in [4.69, 9.17) is 5.73 Å². The Morgan fingerprint density at radius 2 is 1.74 bits per heavy atom. The average Bonchev–Trinajstić information content (AvgIpc) is 3.25. The molecular weight excluding hydrogens is 397 g/mol. The maximum atomic E-state index is 13.3. The number of nitrogens with two attached hydrogens (primary N) is 1. The fourth-order valence-electron chi connectivity index (χ4n) is 3.44. The summed E-state index contributed by atoms with van der Waals surface area (Å²) in [6.45, 7) is 0. The fourth-order valence-corrected chi connectivity index (χ4v) is 3.44. The molecule has 2 amide bonds. The van der Waals surface area contributed by atoms with Crippen molar-refractivity contribution in [1.29, 1.82) is 0 Å². The normalized spacial score (nSPS) is 16.5. The Kier molecular flexibility index (Phi) is 5.70. The average molecular weight is 417 g/mol. The van der Waals surface area contributed by atoms with Gasteiger partial charge in [-0.1, -0.05) is 36.4 Å². The molecule has 2 atom stereocenters. The zero-order valence-corrected chi connectivity index (χ0v) is 16.5. The number of rotatable bonds is 6. The number of hydrazone groups is 1. The molecule has 2 aromatic carbocycles. The van der Waals surface area contributed by atoms with Crippen LogP contribution in [0.2, 0.25) is 0 Å². The maximum absolute atomic E-state index is 13.3. The van der Waals surface area contributed by atoms with Gasteiger partial charge < -0.3 is 11.1 Å². The van der Waals surface area contributed by atoms with Crippen LogP contribution in [-0.4, -0.2) is 28.6 Å². The van der Waals surface area contributed by atoms with Gasteiger partial charge in [0.25, 0.3) is 5.91 Å². The Balaban J connectivity index is 1.62. The summed E-state index contributed by atoms with van der Waals surface area (Å²) in [5.41, 5.74) is 7.68. The second kappa shape index (κ2) is 8.74. The monoisotopic (exact) mass is 417 g/mol. The fraction of sp³-hybridized carbons (Fsp3) is 0.130. The van der Waals surface area contributed by atoms with Gasteiger partial charge in [-0.2, -0.15) is 5.10 Å². The van der Waals surface area contributed by atoms with Crippen LogP contribution in [0.5, 0.6) is 0 Å². The number of hydrogen-bond acceptors (Lipinski definition) is 5. The molecule has 0 bridgehead atoms. The summed E-state index contributed by atoms with van der Waals surface area (Å²) in [5.74, 6) is -1.47. The molecule has 1 aromatic heterocycles. The van der Waals surface area contributed by atoms with Gasteiger partial charge >= 0.3 is 0 Å². The van der Waals surface area contributed by atoms with Crippen LogP contribution in [0.3, 0.4) is 0 Å². The molecule has 0 saturated heterocycles. The summed E-state index contributed by atoms with van der Waals surface area (Å²) in [6, 6.07) is 19.1. The van der Waals surface area contributed by atoms with E-state index < -0.39 is 29.7 Å². The van der Waals surface area contributed by atoms with Crippen molar-refractivity contribution in [1.82, 2.24) is 10.3 Å². The van der Waals surface area contributed by atoms with E-state index in [0.29, 0.717) is 11.4 Å². The van der Waals surface area contributed by atoms with Gasteiger partial charge in [0.15, 0.2) is 0 Å². The molecular formula is C23H20FN5O2. The second-order valence-electron chi connectivity index (χ2n) is 7.06. The predicted molar refractivity (Wildman–Crippen MR) is 115 cm³/mol. The molecule has 156 valence electrons. The molecule has 3 aromatic rings. The Bertz CT molecular complexity index is 1060. The summed E-state index contributed by atoms with van der Waals surface area (Å²) in [7, 11) is 0. The van der Waals surface area contributed by atoms with Crippen LogP contribution in [0.1, 0.15) is 23.7 Å². The van der Waals surface area contributed by atoms with Crippen LogP contribution in [0.15, 0.2) is 84.1 Å². The Morgan fingerprint density at radius 1 is 1.03 bits per heavy atom. The van der Waals surface area contributed by atoms with Gasteiger partial charge in [-0.05, 0) is 42.0 Å². The molecule has 0 radical (unpaired) electrons. The van der Waals surface area contributed by atoms with Crippen LogP contribution in [0, 0.1) is 5.82 Å². The molecule has 3 N–H and O–H groups in total. The summed E-state index contributed by atoms with van der Waals surface area (Å²) in [4.78, 5) is 29.4. The number of primary amides is 1. The van der Waals surface area contributed by atoms with E-state index >= 15 is 0 Å². The smallest absolute Gasteiger partial charge is 0.268 e. The molecule has 0 unspecified atom stereocenters. The molecule has 2 heterocycles. The summed E-state index contributed by atoms with van der Waals surface area (Å²) in [5, 5.41) is 8.64. The number of benzene rings is 2. The lowest BCUT2D eigenvalue weighted by Crippen LogP contribution is -2.40. The Labute approximate surface area is 178 Å². The SMILES string of the molecule is NC(=O)[C@H]1CC(C(=O)N[C@@H](c2ccccc2)c2ccccn2)=NN1c1ccc(F)cc1. The number of carbonyl (C=O) groups excluding carboxylic acids is 2. The molecule has 7 nitrogen and oxygen atoms in total. The second-order valence-corrected chi connectivity index (χ2v) is 7.06. The standard InChI is InChI=1S/C23H20FN5O2/c24-16-9-11-17(12-10-16)29-20(22(25)30)14-19(28-29)23(31)27-21(15-6-2-1-3-7-15)18-8-4-5-13-26-18/h1-13,20-21H,14H2,(H2,25,30)(H,27,31)/t20-,21+/m1/s1. The summed E-state index contributed by atoms with van der Waals surface area (Å²) < 4.78 is 13.3. The third-order valence-electron chi connectivity index (χ3n) is 4.98. The molecule has 0 spiro atoms. The highest BCUT2D eigenvalue weighted by Crippen LogP contribution is 2.26. The number of anilines is 1. The third kappa shape index (κ3) is 4.42. The number of nitrogens with one attached hydrogen (secondary N) is 1. The van der Waals surface area contributed by atoms with Gasteiger partial charge in [-0.15, -0.1) is 0 Å². The van der Waals surface area contributed by atoms with E-state index in [0.717, 1.165) is 5.56 Å². The predicted octanol–water partition coefficient (Wildman–Crippen LogP) is 2.55. The molecule has 0 saturated carbocycles. The molecule has 31 heavy (non-hydrogen) atoms. The van der Waals surface area contributed by atoms with Gasteiger partial charge in [0.05, 0.1) is 17.4 Å². The van der Waals surface area contributed by atoms with E-state index in [9.17, 15) is 14.0 Å². The van der Waals surface area contributed by atoms with E-state index in [2.05, 4.69) is 15.4 Å². The largest absolute Gasteiger partial charge is 0.368 e. The van der Waals surface area contributed by atoms with Crippen LogP contribution >= 0.6 is 0 Å². The minimum Gasteiger partial charge on any atom is -0.368 e. The highest BCUT2D eigenvalue weighted by Gasteiger charge is 2.35. The van der Waals surface area contributed by atoms with Crippen molar-refractivity contribution >= 4 is 23.2 Å². The number of halogens is 1. The van der Waals surface area contributed by atoms with Crippen molar-refractivity contribution < 1.29 is 14.0 Å². The minimum absolute atomic E-state index is 0.0439. The highest BCUT2D eigenvalue weighted by atomic mass is 19.1. The zero-order valence-electron chi connectivity index (χ0n) is 16.5. The Morgan fingerprint density at radius 3 is 2.39 bits per heavy atom. The first-order valence-corrected chi connectivity index (χ1v) is 9.71. The summed E-state index contributed by atoms with van der Waals surface area (Å²) in [6.07, 6.45) is 1.70.